The molecule has 1 amide bonds. The van der Waals surface area contributed by atoms with Crippen molar-refractivity contribution in [1.29, 1.82) is 0 Å². The number of amides is 1. The molecule has 1 aromatic heterocycles. The quantitative estimate of drug-likeness (QED) is 0.837. The first kappa shape index (κ1) is 12.0. The number of carbonyl (C=O) groups is 2. The van der Waals surface area contributed by atoms with Gasteiger partial charge in [-0.05, 0) is 30.8 Å². The number of rotatable bonds is 3. The van der Waals surface area contributed by atoms with E-state index in [2.05, 4.69) is 14.9 Å². The molecule has 1 aliphatic rings. The van der Waals surface area contributed by atoms with E-state index < -0.39 is 5.97 Å². The molecule has 0 aromatic carbocycles. The average molecular weight is 255 g/mol. The lowest BCUT2D eigenvalue weighted by atomic mass is 9.86. The van der Waals surface area contributed by atoms with Crippen LogP contribution in [0.3, 0.4) is 0 Å². The maximum Gasteiger partial charge on any atom is 0.306 e. The van der Waals surface area contributed by atoms with Crippen molar-refractivity contribution in [1.82, 2.24) is 14.9 Å². The Morgan fingerprint density at radius 3 is 2.94 bits per heavy atom. The molecule has 0 spiro atoms. The highest BCUT2D eigenvalue weighted by Crippen LogP contribution is 2.24. The lowest BCUT2D eigenvalue weighted by molar-refractivity contribution is -0.143. The number of nitrogens with zero attached hydrogens (tertiary/aromatic N) is 2. The van der Waals surface area contributed by atoms with Gasteiger partial charge in [0, 0.05) is 11.4 Å². The van der Waals surface area contributed by atoms with Crippen LogP contribution in [0, 0.1) is 5.92 Å². The summed E-state index contributed by atoms with van der Waals surface area (Å²) in [6, 6.07) is -0.0703. The van der Waals surface area contributed by atoms with Crippen LogP contribution in [-0.2, 0) is 4.79 Å². The average Bonchev–Trinajstić information content (AvgIpc) is 2.82. The summed E-state index contributed by atoms with van der Waals surface area (Å²) in [6.07, 6.45) is 2.85. The molecule has 7 heteroatoms. The van der Waals surface area contributed by atoms with Crippen molar-refractivity contribution in [2.75, 3.05) is 0 Å². The summed E-state index contributed by atoms with van der Waals surface area (Å²) in [5.74, 6) is -1.39. The molecular weight excluding hydrogens is 242 g/mol. The Labute approximate surface area is 102 Å². The lowest BCUT2D eigenvalue weighted by Gasteiger charge is -2.26. The number of aromatic nitrogens is 2. The maximum atomic E-state index is 11.7. The molecule has 0 aliphatic heterocycles. The fraction of sp³-hybridized carbons (Fsp3) is 0.600. The zero-order valence-corrected chi connectivity index (χ0v) is 9.94. The minimum Gasteiger partial charge on any atom is -0.481 e. The van der Waals surface area contributed by atoms with Crippen molar-refractivity contribution >= 4 is 23.4 Å². The predicted octanol–water partition coefficient (Wildman–Crippen LogP) is 0.911. The molecule has 2 unspecified atom stereocenters. The molecule has 17 heavy (non-hydrogen) atoms. The monoisotopic (exact) mass is 255 g/mol. The normalized spacial score (nSPS) is 24.2. The summed E-state index contributed by atoms with van der Waals surface area (Å²) in [5, 5.41) is 17.0. The summed E-state index contributed by atoms with van der Waals surface area (Å²) in [4.78, 5) is 22.6. The third kappa shape index (κ3) is 3.00. The SMILES string of the molecule is O=C(NC1CCCC(C(=O)O)C1)c1csnn1. The molecule has 1 fully saturated rings. The molecule has 2 atom stereocenters. The van der Waals surface area contributed by atoms with Crippen LogP contribution in [0.2, 0.25) is 0 Å². The second-order valence-corrected chi connectivity index (χ2v) is 4.77. The largest absolute Gasteiger partial charge is 0.481 e. The Morgan fingerprint density at radius 2 is 2.29 bits per heavy atom. The lowest BCUT2D eigenvalue weighted by Crippen LogP contribution is -2.40. The van der Waals surface area contributed by atoms with E-state index >= 15 is 0 Å². The first-order chi connectivity index (χ1) is 8.16. The van der Waals surface area contributed by atoms with Gasteiger partial charge in [0.15, 0.2) is 5.69 Å². The zero-order valence-electron chi connectivity index (χ0n) is 9.13. The summed E-state index contributed by atoms with van der Waals surface area (Å²) in [5.41, 5.74) is 0.299. The van der Waals surface area contributed by atoms with Gasteiger partial charge in [-0.25, -0.2) is 0 Å². The number of aliphatic carboxylic acids is 1. The second-order valence-electron chi connectivity index (χ2n) is 4.16. The molecule has 1 heterocycles. The zero-order chi connectivity index (χ0) is 12.3. The number of carboxylic acid groups (broad SMARTS) is 1. The fourth-order valence-electron chi connectivity index (χ4n) is 2.07. The van der Waals surface area contributed by atoms with E-state index in [1.165, 1.54) is 0 Å². The second kappa shape index (κ2) is 5.22. The van der Waals surface area contributed by atoms with E-state index in [-0.39, 0.29) is 17.9 Å². The molecule has 6 nitrogen and oxygen atoms in total. The van der Waals surface area contributed by atoms with Crippen LogP contribution in [0.1, 0.15) is 36.2 Å². The smallest absolute Gasteiger partial charge is 0.306 e. The number of nitrogens with one attached hydrogen (secondary N) is 1. The van der Waals surface area contributed by atoms with Crippen LogP contribution in [-0.4, -0.2) is 32.6 Å². The number of hydrogen-bond acceptors (Lipinski definition) is 5. The number of carboxylic acids is 1. The van der Waals surface area contributed by atoms with Gasteiger partial charge in [0.05, 0.1) is 5.92 Å². The Bertz CT molecular complexity index is 407. The first-order valence-electron chi connectivity index (χ1n) is 5.47. The van der Waals surface area contributed by atoms with Crippen LogP contribution in [0.4, 0.5) is 0 Å². The maximum absolute atomic E-state index is 11.7. The Morgan fingerprint density at radius 1 is 1.47 bits per heavy atom. The van der Waals surface area contributed by atoms with Crippen molar-refractivity contribution in [3.8, 4) is 0 Å². The molecule has 2 rings (SSSR count). The molecule has 92 valence electrons. The highest BCUT2D eigenvalue weighted by Gasteiger charge is 2.28. The Hall–Kier alpha value is -1.50. The third-order valence-corrected chi connectivity index (χ3v) is 3.46. The van der Waals surface area contributed by atoms with E-state index in [4.69, 9.17) is 5.11 Å². The molecule has 0 saturated heterocycles. The van der Waals surface area contributed by atoms with E-state index in [1.807, 2.05) is 0 Å². The van der Waals surface area contributed by atoms with Crippen molar-refractivity contribution in [3.05, 3.63) is 11.1 Å². The Kier molecular flexibility index (Phi) is 3.68. The Balaban J connectivity index is 1.91. The highest BCUT2D eigenvalue weighted by molar-refractivity contribution is 7.03. The van der Waals surface area contributed by atoms with Gasteiger partial charge in [0.25, 0.3) is 5.91 Å². The highest BCUT2D eigenvalue weighted by atomic mass is 32.1. The summed E-state index contributed by atoms with van der Waals surface area (Å²) in [6.45, 7) is 0. The van der Waals surface area contributed by atoms with Crippen LogP contribution < -0.4 is 5.32 Å². The van der Waals surface area contributed by atoms with Gasteiger partial charge in [-0.15, -0.1) is 5.10 Å². The van der Waals surface area contributed by atoms with E-state index in [0.717, 1.165) is 24.4 Å². The van der Waals surface area contributed by atoms with Crippen LogP contribution in [0.25, 0.3) is 0 Å². The van der Waals surface area contributed by atoms with E-state index in [9.17, 15) is 9.59 Å². The molecule has 1 aromatic rings. The van der Waals surface area contributed by atoms with Gasteiger partial charge in [-0.3, -0.25) is 9.59 Å². The molecule has 0 radical (unpaired) electrons. The van der Waals surface area contributed by atoms with Crippen molar-refractivity contribution < 1.29 is 14.7 Å². The van der Waals surface area contributed by atoms with E-state index in [1.54, 1.807) is 5.38 Å². The minimum atomic E-state index is -0.778. The van der Waals surface area contributed by atoms with Gasteiger partial charge in [-0.2, -0.15) is 0 Å². The number of hydrogen-bond donors (Lipinski definition) is 2. The van der Waals surface area contributed by atoms with Gasteiger partial charge >= 0.3 is 5.97 Å². The van der Waals surface area contributed by atoms with Crippen molar-refractivity contribution in [3.63, 3.8) is 0 Å². The third-order valence-electron chi connectivity index (χ3n) is 2.95. The summed E-state index contributed by atoms with van der Waals surface area (Å²) in [7, 11) is 0. The fourth-order valence-corrected chi connectivity index (χ4v) is 2.50. The van der Waals surface area contributed by atoms with Crippen molar-refractivity contribution in [2.24, 2.45) is 5.92 Å². The predicted molar refractivity (Wildman–Crippen MR) is 60.8 cm³/mol. The topological polar surface area (TPSA) is 92.2 Å². The van der Waals surface area contributed by atoms with Gasteiger partial charge in [0.1, 0.15) is 0 Å². The van der Waals surface area contributed by atoms with Crippen LogP contribution in [0.15, 0.2) is 5.38 Å². The first-order valence-corrected chi connectivity index (χ1v) is 6.31. The molecule has 0 bridgehead atoms. The minimum absolute atomic E-state index is 0.0703. The molecule has 1 aliphatic carbocycles. The van der Waals surface area contributed by atoms with Gasteiger partial charge in [-0.1, -0.05) is 10.9 Å². The van der Waals surface area contributed by atoms with Gasteiger partial charge in [0.2, 0.25) is 0 Å². The number of carbonyl (C=O) groups excluding carboxylic acids is 1. The summed E-state index contributed by atoms with van der Waals surface area (Å²) < 4.78 is 3.62. The van der Waals surface area contributed by atoms with Gasteiger partial charge < -0.3 is 10.4 Å². The summed E-state index contributed by atoms with van der Waals surface area (Å²) >= 11 is 1.12. The standard InChI is InChI=1S/C10H13N3O3S/c14-9(8-5-17-13-12-8)11-7-3-1-2-6(4-7)10(15)16/h5-7H,1-4H2,(H,11,14)(H,15,16). The molecule has 2 N–H and O–H groups in total. The molecular formula is C10H13N3O3S. The van der Waals surface area contributed by atoms with Crippen LogP contribution in [0.5, 0.6) is 0 Å². The van der Waals surface area contributed by atoms with Crippen LogP contribution >= 0.6 is 11.5 Å². The van der Waals surface area contributed by atoms with Crippen molar-refractivity contribution in [2.45, 2.75) is 31.7 Å². The van der Waals surface area contributed by atoms with E-state index in [0.29, 0.717) is 18.5 Å². The molecule has 1 saturated carbocycles.